The molecule has 0 amide bonds. The molecular formula is C14H18N2O. The molecule has 1 aromatic carbocycles. The molecule has 1 heterocycles. The van der Waals surface area contributed by atoms with Crippen molar-refractivity contribution in [1.82, 2.24) is 9.78 Å². The van der Waals surface area contributed by atoms with Crippen molar-refractivity contribution in [2.75, 3.05) is 0 Å². The molecule has 0 radical (unpaired) electrons. The summed E-state index contributed by atoms with van der Waals surface area (Å²) >= 11 is 0. The summed E-state index contributed by atoms with van der Waals surface area (Å²) in [6.45, 7) is 8.00. The summed E-state index contributed by atoms with van der Waals surface area (Å²) in [7, 11) is 0. The molecule has 0 aliphatic carbocycles. The van der Waals surface area contributed by atoms with Gasteiger partial charge in [-0.05, 0) is 31.4 Å². The van der Waals surface area contributed by atoms with Crippen molar-refractivity contribution in [3.05, 3.63) is 41.2 Å². The van der Waals surface area contributed by atoms with Gasteiger partial charge in [0.05, 0.1) is 11.4 Å². The molecule has 1 N–H and O–H groups in total. The lowest BCUT2D eigenvalue weighted by atomic mass is 10.1. The minimum absolute atomic E-state index is 0.232. The molecule has 0 aliphatic heterocycles. The second-order valence-electron chi connectivity index (χ2n) is 4.67. The maximum absolute atomic E-state index is 10.1. The highest BCUT2D eigenvalue weighted by molar-refractivity contribution is 5.45. The standard InChI is InChI=1S/C14H18N2O/c1-9(2)13-14(17)11(4)15-16(13)12-8-6-5-7-10(12)3/h5-9,17H,1-4H3. The van der Waals surface area contributed by atoms with Gasteiger partial charge in [0.25, 0.3) is 0 Å². The van der Waals surface area contributed by atoms with Crippen LogP contribution < -0.4 is 0 Å². The van der Waals surface area contributed by atoms with E-state index in [1.165, 1.54) is 0 Å². The molecule has 0 aliphatic rings. The Morgan fingerprint density at radius 2 is 1.82 bits per heavy atom. The summed E-state index contributed by atoms with van der Waals surface area (Å²) < 4.78 is 1.85. The Kier molecular flexibility index (Phi) is 2.92. The lowest BCUT2D eigenvalue weighted by molar-refractivity contribution is 0.459. The largest absolute Gasteiger partial charge is 0.504 e. The van der Waals surface area contributed by atoms with E-state index in [9.17, 15) is 5.11 Å². The van der Waals surface area contributed by atoms with Crippen molar-refractivity contribution in [3.8, 4) is 11.4 Å². The third-order valence-corrected chi connectivity index (χ3v) is 2.95. The van der Waals surface area contributed by atoms with Gasteiger partial charge in [0, 0.05) is 0 Å². The van der Waals surface area contributed by atoms with E-state index in [0.717, 1.165) is 16.9 Å². The molecular weight excluding hydrogens is 212 g/mol. The fraction of sp³-hybridized carbons (Fsp3) is 0.357. The first-order valence-electron chi connectivity index (χ1n) is 5.87. The van der Waals surface area contributed by atoms with Crippen molar-refractivity contribution >= 4 is 0 Å². The molecule has 1 aromatic heterocycles. The SMILES string of the molecule is Cc1ccccc1-n1nc(C)c(O)c1C(C)C. The molecule has 2 aromatic rings. The summed E-state index contributed by atoms with van der Waals surface area (Å²) in [4.78, 5) is 0. The third-order valence-electron chi connectivity index (χ3n) is 2.95. The second-order valence-corrected chi connectivity index (χ2v) is 4.67. The monoisotopic (exact) mass is 230 g/mol. The van der Waals surface area contributed by atoms with Gasteiger partial charge >= 0.3 is 0 Å². The van der Waals surface area contributed by atoms with Crippen LogP contribution in [-0.4, -0.2) is 14.9 Å². The van der Waals surface area contributed by atoms with Crippen LogP contribution in [0.5, 0.6) is 5.75 Å². The van der Waals surface area contributed by atoms with Crippen LogP contribution >= 0.6 is 0 Å². The third kappa shape index (κ3) is 1.93. The number of para-hydroxylation sites is 1. The Labute approximate surface area is 102 Å². The zero-order chi connectivity index (χ0) is 12.6. The van der Waals surface area contributed by atoms with E-state index in [1.54, 1.807) is 0 Å². The first-order chi connectivity index (χ1) is 8.02. The number of aromatic hydroxyl groups is 1. The van der Waals surface area contributed by atoms with E-state index in [0.29, 0.717) is 11.4 Å². The summed E-state index contributed by atoms with van der Waals surface area (Å²) in [6.07, 6.45) is 0. The number of rotatable bonds is 2. The highest BCUT2D eigenvalue weighted by atomic mass is 16.3. The predicted octanol–water partition coefficient (Wildman–Crippen LogP) is 3.32. The molecule has 0 fully saturated rings. The van der Waals surface area contributed by atoms with E-state index in [-0.39, 0.29) is 5.92 Å². The molecule has 0 atom stereocenters. The van der Waals surface area contributed by atoms with E-state index in [4.69, 9.17) is 0 Å². The topological polar surface area (TPSA) is 38.0 Å². The minimum atomic E-state index is 0.232. The average molecular weight is 230 g/mol. The van der Waals surface area contributed by atoms with E-state index < -0.39 is 0 Å². The molecule has 17 heavy (non-hydrogen) atoms. The second kappa shape index (κ2) is 4.24. The summed E-state index contributed by atoms with van der Waals surface area (Å²) in [5.41, 5.74) is 3.73. The van der Waals surface area contributed by atoms with Crippen molar-refractivity contribution < 1.29 is 5.11 Å². The molecule has 0 saturated heterocycles. The van der Waals surface area contributed by atoms with Gasteiger partial charge in [0.2, 0.25) is 0 Å². The highest BCUT2D eigenvalue weighted by Gasteiger charge is 2.18. The number of aromatic nitrogens is 2. The van der Waals surface area contributed by atoms with Gasteiger partial charge in [0.15, 0.2) is 5.75 Å². The number of benzene rings is 1. The minimum Gasteiger partial charge on any atom is -0.504 e. The Morgan fingerprint density at radius 1 is 1.18 bits per heavy atom. The molecule has 0 spiro atoms. The first-order valence-corrected chi connectivity index (χ1v) is 5.87. The van der Waals surface area contributed by atoms with Crippen LogP contribution in [0.4, 0.5) is 0 Å². The van der Waals surface area contributed by atoms with Crippen molar-refractivity contribution in [1.29, 1.82) is 0 Å². The normalized spacial score (nSPS) is 11.1. The van der Waals surface area contributed by atoms with Crippen molar-refractivity contribution in [2.45, 2.75) is 33.6 Å². The lowest BCUT2D eigenvalue weighted by Crippen LogP contribution is -2.05. The van der Waals surface area contributed by atoms with Gasteiger partial charge in [-0.1, -0.05) is 32.0 Å². The first kappa shape index (κ1) is 11.7. The van der Waals surface area contributed by atoms with Crippen LogP contribution in [0.25, 0.3) is 5.69 Å². The average Bonchev–Trinajstić information content (AvgIpc) is 2.56. The fourth-order valence-corrected chi connectivity index (χ4v) is 2.04. The highest BCUT2D eigenvalue weighted by Crippen LogP contribution is 2.31. The van der Waals surface area contributed by atoms with Crippen molar-refractivity contribution in [2.24, 2.45) is 0 Å². The molecule has 90 valence electrons. The van der Waals surface area contributed by atoms with Crippen LogP contribution in [0.2, 0.25) is 0 Å². The van der Waals surface area contributed by atoms with Gasteiger partial charge in [-0.25, -0.2) is 4.68 Å². The van der Waals surface area contributed by atoms with Crippen LogP contribution in [0.3, 0.4) is 0 Å². The maximum atomic E-state index is 10.1. The molecule has 0 bridgehead atoms. The van der Waals surface area contributed by atoms with Gasteiger partial charge in [-0.15, -0.1) is 0 Å². The summed E-state index contributed by atoms with van der Waals surface area (Å²) in [6, 6.07) is 8.06. The molecule has 0 unspecified atom stereocenters. The Hall–Kier alpha value is -1.77. The summed E-state index contributed by atoms with van der Waals surface area (Å²) in [5, 5.41) is 14.5. The van der Waals surface area contributed by atoms with E-state index in [1.807, 2.05) is 42.8 Å². The number of hydrogen-bond donors (Lipinski definition) is 1. The van der Waals surface area contributed by atoms with Gasteiger partial charge in [-0.3, -0.25) is 0 Å². The van der Waals surface area contributed by atoms with Gasteiger partial charge < -0.3 is 5.11 Å². The fourth-order valence-electron chi connectivity index (χ4n) is 2.04. The van der Waals surface area contributed by atoms with Crippen LogP contribution in [0.15, 0.2) is 24.3 Å². The van der Waals surface area contributed by atoms with Crippen LogP contribution in [0.1, 0.15) is 36.7 Å². The lowest BCUT2D eigenvalue weighted by Gasteiger charge is -2.12. The van der Waals surface area contributed by atoms with Gasteiger partial charge in [0.1, 0.15) is 5.69 Å². The Balaban J connectivity index is 2.68. The molecule has 0 saturated carbocycles. The van der Waals surface area contributed by atoms with Crippen LogP contribution in [-0.2, 0) is 0 Å². The molecule has 3 heteroatoms. The zero-order valence-corrected chi connectivity index (χ0v) is 10.7. The zero-order valence-electron chi connectivity index (χ0n) is 10.7. The van der Waals surface area contributed by atoms with Crippen LogP contribution in [0, 0.1) is 13.8 Å². The number of aryl methyl sites for hydroxylation is 2. The number of hydrogen-bond acceptors (Lipinski definition) is 2. The van der Waals surface area contributed by atoms with E-state index >= 15 is 0 Å². The summed E-state index contributed by atoms with van der Waals surface area (Å²) in [5.74, 6) is 0.541. The van der Waals surface area contributed by atoms with Gasteiger partial charge in [-0.2, -0.15) is 5.10 Å². The Morgan fingerprint density at radius 3 is 2.41 bits per heavy atom. The number of nitrogens with zero attached hydrogens (tertiary/aromatic N) is 2. The maximum Gasteiger partial charge on any atom is 0.160 e. The molecule has 3 nitrogen and oxygen atoms in total. The smallest absolute Gasteiger partial charge is 0.160 e. The van der Waals surface area contributed by atoms with Crippen molar-refractivity contribution in [3.63, 3.8) is 0 Å². The van der Waals surface area contributed by atoms with E-state index in [2.05, 4.69) is 18.9 Å². The molecule has 2 rings (SSSR count). The predicted molar refractivity (Wildman–Crippen MR) is 68.8 cm³/mol. The Bertz CT molecular complexity index is 541. The quantitative estimate of drug-likeness (QED) is 0.859.